The van der Waals surface area contributed by atoms with Crippen LogP contribution in [-0.4, -0.2) is 42.7 Å². The highest BCUT2D eigenvalue weighted by Crippen LogP contribution is 2.10. The number of rotatable bonds is 14. The lowest BCUT2D eigenvalue weighted by atomic mass is 10.0. The van der Waals surface area contributed by atoms with E-state index in [1.165, 1.54) is 5.56 Å². The minimum atomic E-state index is -0.358. The Bertz CT molecular complexity index is 578. The molecule has 0 spiro atoms. The van der Waals surface area contributed by atoms with Crippen molar-refractivity contribution in [2.45, 2.75) is 58.4 Å². The number of aliphatic hydroxyl groups excluding tert-OH is 1. The molecule has 1 unspecified atom stereocenters. The minimum absolute atomic E-state index is 0.0268. The molecular weight excluding hydrogens is 471 g/mol. The molecule has 2 amide bonds. The Morgan fingerprint density at radius 2 is 1.75 bits per heavy atom. The number of aliphatic hydroxyl groups is 1. The zero-order valence-corrected chi connectivity index (χ0v) is 19.0. The molecule has 0 saturated heterocycles. The van der Waals surface area contributed by atoms with Crippen LogP contribution in [0.1, 0.15) is 50.7 Å². The van der Waals surface area contributed by atoms with Crippen LogP contribution in [0.15, 0.2) is 24.3 Å². The van der Waals surface area contributed by atoms with Crippen molar-refractivity contribution in [2.75, 3.05) is 19.8 Å². The maximum Gasteiger partial charge on any atom is 0.224 e. The van der Waals surface area contributed by atoms with Crippen molar-refractivity contribution in [1.82, 2.24) is 10.6 Å². The lowest BCUT2D eigenvalue weighted by molar-refractivity contribution is -0.122. The fourth-order valence-corrected chi connectivity index (χ4v) is 3.28. The molecular formula is C21H33IN2O4. The Balaban J connectivity index is 2.12. The molecule has 7 heteroatoms. The first-order valence-electron chi connectivity index (χ1n) is 9.92. The zero-order valence-electron chi connectivity index (χ0n) is 16.9. The molecule has 0 bridgehead atoms. The molecule has 0 aliphatic rings. The maximum absolute atomic E-state index is 12.0. The second-order valence-electron chi connectivity index (χ2n) is 7.47. The summed E-state index contributed by atoms with van der Waals surface area (Å²) in [6, 6.07) is 7.89. The van der Waals surface area contributed by atoms with Gasteiger partial charge in [-0.15, -0.1) is 0 Å². The number of hydrogen-bond donors (Lipinski definition) is 3. The molecule has 0 aromatic heterocycles. The van der Waals surface area contributed by atoms with Gasteiger partial charge in [0.2, 0.25) is 11.8 Å². The second-order valence-corrected chi connectivity index (χ2v) is 8.10. The zero-order chi connectivity index (χ0) is 20.8. The second kappa shape index (κ2) is 14.8. The van der Waals surface area contributed by atoms with E-state index in [0.29, 0.717) is 25.3 Å². The fraction of sp³-hybridized carbons (Fsp3) is 0.619. The van der Waals surface area contributed by atoms with Gasteiger partial charge in [-0.1, -0.05) is 44.5 Å². The summed E-state index contributed by atoms with van der Waals surface area (Å²) in [5.41, 5.74) is 2.32. The lowest BCUT2D eigenvalue weighted by Crippen LogP contribution is -2.40. The summed E-state index contributed by atoms with van der Waals surface area (Å²) in [6.07, 6.45) is 4.32. The summed E-state index contributed by atoms with van der Waals surface area (Å²) >= 11 is 1.74. The number of benzene rings is 1. The molecule has 1 rings (SSSR count). The van der Waals surface area contributed by atoms with Crippen LogP contribution in [0.25, 0.3) is 0 Å². The van der Waals surface area contributed by atoms with Gasteiger partial charge < -0.3 is 18.8 Å². The molecule has 3 N–H and O–H groups in total. The molecule has 6 nitrogen and oxygen atoms in total. The molecule has 1 atom stereocenters. The average molecular weight is 504 g/mol. The van der Waals surface area contributed by atoms with Crippen LogP contribution in [0.3, 0.4) is 0 Å². The van der Waals surface area contributed by atoms with Crippen LogP contribution in [0.5, 0.6) is 0 Å². The van der Waals surface area contributed by atoms with Crippen LogP contribution in [0.2, 0.25) is 0 Å². The maximum atomic E-state index is 12.0. The molecule has 0 aliphatic heterocycles. The largest absolute Gasteiger partial charge is 0.394 e. The number of amides is 2. The first-order chi connectivity index (χ1) is 13.4. The van der Waals surface area contributed by atoms with E-state index in [1.54, 1.807) is 23.0 Å². The van der Waals surface area contributed by atoms with Gasteiger partial charge in [-0.2, -0.15) is 0 Å². The Morgan fingerprint density at radius 1 is 1.07 bits per heavy atom. The number of carbonyl (C=O) groups excluding carboxylic acids is 2. The SMILES string of the molecule is CC(C)Cc1ccc(CC(=O)NCCCCCC(=O)NC(CO)COI)cc1. The Hall–Kier alpha value is -1.19. The summed E-state index contributed by atoms with van der Waals surface area (Å²) in [6.45, 7) is 5.16. The Morgan fingerprint density at radius 3 is 2.36 bits per heavy atom. The van der Waals surface area contributed by atoms with E-state index in [-0.39, 0.29) is 31.1 Å². The summed E-state index contributed by atoms with van der Waals surface area (Å²) < 4.78 is 4.89. The number of nitrogens with one attached hydrogen (secondary N) is 2. The highest BCUT2D eigenvalue weighted by Gasteiger charge is 2.11. The van der Waals surface area contributed by atoms with Gasteiger partial charge in [0.25, 0.3) is 0 Å². The topological polar surface area (TPSA) is 87.7 Å². The van der Waals surface area contributed by atoms with Crippen LogP contribution in [0.4, 0.5) is 0 Å². The standard InChI is InChI=1S/C21H33IN2O4/c1-16(2)12-17-7-9-18(10-8-17)13-21(27)23-11-5-3-4-6-20(26)24-19(14-25)15-28-22/h7-10,16,19,25H,3-6,11-15H2,1-2H3,(H,23,27)(H,24,26). The minimum Gasteiger partial charge on any atom is -0.394 e. The molecule has 1 aromatic carbocycles. The van der Waals surface area contributed by atoms with Gasteiger partial charge in [0.05, 0.1) is 25.7 Å². The molecule has 0 saturated carbocycles. The molecule has 28 heavy (non-hydrogen) atoms. The predicted octanol–water partition coefficient (Wildman–Crippen LogP) is 2.95. The van der Waals surface area contributed by atoms with Crippen molar-refractivity contribution < 1.29 is 17.8 Å². The molecule has 0 heterocycles. The van der Waals surface area contributed by atoms with Gasteiger partial charge >= 0.3 is 0 Å². The van der Waals surface area contributed by atoms with Crippen LogP contribution < -0.4 is 10.6 Å². The van der Waals surface area contributed by atoms with Crippen LogP contribution >= 0.6 is 23.0 Å². The van der Waals surface area contributed by atoms with E-state index < -0.39 is 0 Å². The first-order valence-corrected chi connectivity index (χ1v) is 10.8. The first kappa shape index (κ1) is 24.8. The Labute approximate surface area is 182 Å². The number of hydrogen-bond acceptors (Lipinski definition) is 4. The summed E-state index contributed by atoms with van der Waals surface area (Å²) in [4.78, 5) is 23.8. The number of halogens is 1. The third-order valence-corrected chi connectivity index (χ3v) is 4.64. The van der Waals surface area contributed by atoms with Gasteiger partial charge in [-0.25, -0.2) is 0 Å². The van der Waals surface area contributed by atoms with Crippen molar-refractivity contribution >= 4 is 34.8 Å². The highest BCUT2D eigenvalue weighted by atomic mass is 127. The van der Waals surface area contributed by atoms with E-state index in [9.17, 15) is 9.59 Å². The molecule has 0 radical (unpaired) electrons. The van der Waals surface area contributed by atoms with Crippen molar-refractivity contribution in [1.29, 1.82) is 0 Å². The van der Waals surface area contributed by atoms with E-state index in [1.807, 2.05) is 12.1 Å². The van der Waals surface area contributed by atoms with Gasteiger partial charge in [0.1, 0.15) is 23.0 Å². The Kier molecular flexibility index (Phi) is 13.1. The number of unbranched alkanes of at least 4 members (excludes halogenated alkanes) is 2. The van der Waals surface area contributed by atoms with E-state index in [4.69, 9.17) is 8.17 Å². The van der Waals surface area contributed by atoms with E-state index >= 15 is 0 Å². The normalized spacial score (nSPS) is 12.0. The summed E-state index contributed by atoms with van der Waals surface area (Å²) in [5, 5.41) is 14.8. The highest BCUT2D eigenvalue weighted by molar-refractivity contribution is 14.1. The summed E-state index contributed by atoms with van der Waals surface area (Å²) in [5.74, 6) is 0.567. The van der Waals surface area contributed by atoms with Crippen molar-refractivity contribution in [2.24, 2.45) is 5.92 Å². The van der Waals surface area contributed by atoms with Crippen LogP contribution in [0, 0.1) is 5.92 Å². The van der Waals surface area contributed by atoms with Gasteiger partial charge in [-0.05, 0) is 36.3 Å². The third kappa shape index (κ3) is 11.6. The molecule has 0 aliphatic carbocycles. The molecule has 1 aromatic rings. The fourth-order valence-electron chi connectivity index (χ4n) is 2.84. The van der Waals surface area contributed by atoms with Gasteiger partial charge in [0.15, 0.2) is 0 Å². The van der Waals surface area contributed by atoms with Crippen molar-refractivity contribution in [3.63, 3.8) is 0 Å². The van der Waals surface area contributed by atoms with Gasteiger partial charge in [-0.3, -0.25) is 9.59 Å². The van der Waals surface area contributed by atoms with Crippen LogP contribution in [-0.2, 0) is 25.5 Å². The van der Waals surface area contributed by atoms with E-state index in [2.05, 4.69) is 36.6 Å². The summed E-state index contributed by atoms with van der Waals surface area (Å²) in [7, 11) is 0. The average Bonchev–Trinajstić information content (AvgIpc) is 2.65. The predicted molar refractivity (Wildman–Crippen MR) is 119 cm³/mol. The van der Waals surface area contributed by atoms with Gasteiger partial charge in [0, 0.05) is 13.0 Å². The quantitative estimate of drug-likeness (QED) is 0.269. The van der Waals surface area contributed by atoms with Crippen molar-refractivity contribution in [3.8, 4) is 0 Å². The smallest absolute Gasteiger partial charge is 0.224 e. The molecule has 158 valence electrons. The number of carbonyl (C=O) groups is 2. The third-order valence-electron chi connectivity index (χ3n) is 4.28. The molecule has 0 fully saturated rings. The van der Waals surface area contributed by atoms with Crippen molar-refractivity contribution in [3.05, 3.63) is 35.4 Å². The lowest BCUT2D eigenvalue weighted by Gasteiger charge is -2.14. The van der Waals surface area contributed by atoms with E-state index in [0.717, 1.165) is 31.2 Å². The monoisotopic (exact) mass is 504 g/mol.